The van der Waals surface area contributed by atoms with Crippen LogP contribution in [0.1, 0.15) is 24.8 Å². The van der Waals surface area contributed by atoms with Gasteiger partial charge >= 0.3 is 5.97 Å². The highest BCUT2D eigenvalue weighted by Crippen LogP contribution is 2.54. The predicted octanol–water partition coefficient (Wildman–Crippen LogP) is 1.60. The van der Waals surface area contributed by atoms with Crippen molar-refractivity contribution < 1.29 is 23.1 Å². The molecule has 19 heavy (non-hydrogen) atoms. The third kappa shape index (κ3) is 2.73. The minimum atomic E-state index is -3.30. The summed E-state index contributed by atoms with van der Waals surface area (Å²) in [6, 6.07) is 4.65. The Bertz CT molecular complexity index is 614. The summed E-state index contributed by atoms with van der Waals surface area (Å²) in [5.74, 6) is -0.409. The molecule has 1 aromatic carbocycles. The van der Waals surface area contributed by atoms with Crippen LogP contribution >= 0.6 is 0 Å². The zero-order chi connectivity index (χ0) is 14.3. The number of benzene rings is 1. The molecule has 0 atom stereocenters. The van der Waals surface area contributed by atoms with Gasteiger partial charge in [0.15, 0.2) is 9.84 Å². The number of carboxylic acids is 1. The Labute approximate surface area is 112 Å². The number of ether oxygens (including phenoxy) is 1. The van der Waals surface area contributed by atoms with Crippen LogP contribution in [0.4, 0.5) is 0 Å². The lowest BCUT2D eigenvalue weighted by Gasteiger charge is -2.17. The average Bonchev–Trinajstić information content (AvgIpc) is 3.07. The molecule has 0 aromatic heterocycles. The molecule has 1 aliphatic carbocycles. The molecule has 104 valence electrons. The second kappa shape index (κ2) is 4.52. The first-order chi connectivity index (χ1) is 8.78. The third-order valence-corrected chi connectivity index (χ3v) is 4.63. The number of aliphatic carboxylic acids is 1. The normalized spacial score (nSPS) is 16.9. The first-order valence-electron chi connectivity index (χ1n) is 5.89. The number of rotatable bonds is 5. The summed E-state index contributed by atoms with van der Waals surface area (Å²) < 4.78 is 28.2. The molecule has 1 fully saturated rings. The van der Waals surface area contributed by atoms with E-state index >= 15 is 0 Å². The molecule has 1 N–H and O–H groups in total. The minimum absolute atomic E-state index is 0.0432. The van der Waals surface area contributed by atoms with Gasteiger partial charge in [0, 0.05) is 17.2 Å². The highest BCUT2D eigenvalue weighted by atomic mass is 32.2. The van der Waals surface area contributed by atoms with Crippen molar-refractivity contribution in [3.63, 3.8) is 0 Å². The molecule has 1 aromatic rings. The summed E-state index contributed by atoms with van der Waals surface area (Å²) in [5, 5.41) is 8.96. The molecule has 5 nitrogen and oxygen atoms in total. The Kier molecular flexibility index (Phi) is 3.30. The molecular formula is C13H16O5S. The summed E-state index contributed by atoms with van der Waals surface area (Å²) in [4.78, 5) is 11.1. The lowest BCUT2D eigenvalue weighted by molar-refractivity contribution is -0.137. The standard InChI is InChI=1S/C13H16O5S/c1-18-11-7-9(19(2,16)17)3-4-10(11)13(5-6-13)8-12(14)15/h3-4,7H,5-6,8H2,1-2H3,(H,14,15). The van der Waals surface area contributed by atoms with Crippen molar-refractivity contribution in [2.45, 2.75) is 29.6 Å². The maximum Gasteiger partial charge on any atom is 0.304 e. The quantitative estimate of drug-likeness (QED) is 0.888. The fraction of sp³-hybridized carbons (Fsp3) is 0.462. The lowest BCUT2D eigenvalue weighted by Crippen LogP contribution is -2.14. The Balaban J connectivity index is 2.45. The topological polar surface area (TPSA) is 80.7 Å². The molecule has 6 heteroatoms. The molecule has 0 saturated heterocycles. The van der Waals surface area contributed by atoms with Crippen molar-refractivity contribution in [3.05, 3.63) is 23.8 Å². The summed E-state index contributed by atoms with van der Waals surface area (Å²) in [6.45, 7) is 0. The Morgan fingerprint density at radius 3 is 2.47 bits per heavy atom. The monoisotopic (exact) mass is 284 g/mol. The van der Waals surface area contributed by atoms with E-state index < -0.39 is 21.2 Å². The molecule has 0 bridgehead atoms. The molecule has 1 aliphatic rings. The lowest BCUT2D eigenvalue weighted by atomic mass is 9.91. The fourth-order valence-electron chi connectivity index (χ4n) is 2.32. The number of hydrogen-bond acceptors (Lipinski definition) is 4. The van der Waals surface area contributed by atoms with Crippen molar-refractivity contribution in [1.29, 1.82) is 0 Å². The molecule has 0 unspecified atom stereocenters. The zero-order valence-corrected chi connectivity index (χ0v) is 11.7. The van der Waals surface area contributed by atoms with Gasteiger partial charge in [-0.1, -0.05) is 6.07 Å². The van der Waals surface area contributed by atoms with E-state index in [9.17, 15) is 13.2 Å². The summed E-state index contributed by atoms with van der Waals surface area (Å²) in [6.07, 6.45) is 2.74. The zero-order valence-electron chi connectivity index (χ0n) is 10.8. The van der Waals surface area contributed by atoms with Crippen molar-refractivity contribution in [2.75, 3.05) is 13.4 Å². The maximum atomic E-state index is 11.5. The number of carbonyl (C=O) groups is 1. The van der Waals surface area contributed by atoms with Crippen molar-refractivity contribution in [1.82, 2.24) is 0 Å². The van der Waals surface area contributed by atoms with E-state index in [0.29, 0.717) is 5.75 Å². The Hall–Kier alpha value is -1.56. The van der Waals surface area contributed by atoms with E-state index in [2.05, 4.69) is 0 Å². The molecule has 0 radical (unpaired) electrons. The van der Waals surface area contributed by atoms with Gasteiger partial charge in [-0.25, -0.2) is 8.42 Å². The van der Waals surface area contributed by atoms with Crippen LogP contribution in [0, 0.1) is 0 Å². The van der Waals surface area contributed by atoms with Crippen LogP contribution in [0.25, 0.3) is 0 Å². The predicted molar refractivity (Wildman–Crippen MR) is 69.3 cm³/mol. The molecule has 2 rings (SSSR count). The van der Waals surface area contributed by atoms with Crippen LogP contribution in [-0.2, 0) is 20.0 Å². The van der Waals surface area contributed by atoms with Gasteiger partial charge in [-0.2, -0.15) is 0 Å². The molecule has 0 heterocycles. The van der Waals surface area contributed by atoms with Gasteiger partial charge < -0.3 is 9.84 Å². The van der Waals surface area contributed by atoms with E-state index in [1.54, 1.807) is 6.07 Å². The highest BCUT2D eigenvalue weighted by molar-refractivity contribution is 7.90. The van der Waals surface area contributed by atoms with Crippen LogP contribution in [-0.4, -0.2) is 32.9 Å². The smallest absolute Gasteiger partial charge is 0.304 e. The van der Waals surface area contributed by atoms with Crippen molar-refractivity contribution in [2.24, 2.45) is 0 Å². The van der Waals surface area contributed by atoms with E-state index in [1.807, 2.05) is 0 Å². The largest absolute Gasteiger partial charge is 0.496 e. The van der Waals surface area contributed by atoms with Crippen molar-refractivity contribution >= 4 is 15.8 Å². The molecule has 1 saturated carbocycles. The first kappa shape index (κ1) is 13.9. The fourth-order valence-corrected chi connectivity index (χ4v) is 2.96. The van der Waals surface area contributed by atoms with Crippen LogP contribution in [0.5, 0.6) is 5.75 Å². The van der Waals surface area contributed by atoms with Gasteiger partial charge in [-0.05, 0) is 25.0 Å². The van der Waals surface area contributed by atoms with Crippen LogP contribution in [0.15, 0.2) is 23.1 Å². The van der Waals surface area contributed by atoms with Crippen LogP contribution in [0.3, 0.4) is 0 Å². The number of methoxy groups -OCH3 is 1. The van der Waals surface area contributed by atoms with E-state index in [4.69, 9.17) is 9.84 Å². The number of sulfone groups is 1. The highest BCUT2D eigenvalue weighted by Gasteiger charge is 2.47. The van der Waals surface area contributed by atoms with E-state index in [1.165, 1.54) is 19.2 Å². The SMILES string of the molecule is COc1cc(S(C)(=O)=O)ccc1C1(CC(=O)O)CC1. The molecule has 0 amide bonds. The first-order valence-corrected chi connectivity index (χ1v) is 7.78. The van der Waals surface area contributed by atoms with Gasteiger partial charge in [0.05, 0.1) is 18.4 Å². The number of hydrogen-bond donors (Lipinski definition) is 1. The minimum Gasteiger partial charge on any atom is -0.496 e. The van der Waals surface area contributed by atoms with Gasteiger partial charge in [-0.15, -0.1) is 0 Å². The van der Waals surface area contributed by atoms with Gasteiger partial charge in [0.2, 0.25) is 0 Å². The summed E-state index contributed by atoms with van der Waals surface area (Å²) >= 11 is 0. The summed E-state index contributed by atoms with van der Waals surface area (Å²) in [7, 11) is -1.84. The van der Waals surface area contributed by atoms with E-state index in [0.717, 1.165) is 24.7 Å². The van der Waals surface area contributed by atoms with Gasteiger partial charge in [0.1, 0.15) is 5.75 Å². The van der Waals surface area contributed by atoms with Gasteiger partial charge in [-0.3, -0.25) is 4.79 Å². The molecule has 0 aliphatic heterocycles. The van der Waals surface area contributed by atoms with Crippen LogP contribution in [0.2, 0.25) is 0 Å². The summed E-state index contributed by atoms with van der Waals surface area (Å²) in [5.41, 5.74) is 0.387. The third-order valence-electron chi connectivity index (χ3n) is 3.52. The second-order valence-corrected chi connectivity index (χ2v) is 7.00. The molecular weight excluding hydrogens is 268 g/mol. The molecule has 0 spiro atoms. The second-order valence-electron chi connectivity index (χ2n) is 4.99. The number of carboxylic acid groups (broad SMARTS) is 1. The van der Waals surface area contributed by atoms with Crippen LogP contribution < -0.4 is 4.74 Å². The maximum absolute atomic E-state index is 11.5. The average molecular weight is 284 g/mol. The Morgan fingerprint density at radius 1 is 1.42 bits per heavy atom. The van der Waals surface area contributed by atoms with Gasteiger partial charge in [0.25, 0.3) is 0 Å². The Morgan fingerprint density at radius 2 is 2.05 bits per heavy atom. The van der Waals surface area contributed by atoms with E-state index in [-0.39, 0.29) is 11.3 Å². The van der Waals surface area contributed by atoms with Crippen molar-refractivity contribution in [3.8, 4) is 5.75 Å².